The summed E-state index contributed by atoms with van der Waals surface area (Å²) < 4.78 is 4.51. The van der Waals surface area contributed by atoms with Gasteiger partial charge in [0.25, 0.3) is 0 Å². The molecule has 0 heterocycles. The number of hydrogen-bond donors (Lipinski definition) is 2. The minimum atomic E-state index is -1.16. The van der Waals surface area contributed by atoms with Crippen LogP contribution in [0, 0.1) is 5.92 Å². The molecule has 18 heavy (non-hydrogen) atoms. The second-order valence-corrected chi connectivity index (χ2v) is 5.20. The zero-order valence-corrected chi connectivity index (χ0v) is 12.2. The fourth-order valence-corrected chi connectivity index (χ4v) is 1.09. The van der Waals surface area contributed by atoms with E-state index < -0.39 is 11.8 Å². The van der Waals surface area contributed by atoms with Gasteiger partial charge in [0.1, 0.15) is 0 Å². The van der Waals surface area contributed by atoms with Crippen molar-refractivity contribution in [1.82, 2.24) is 0 Å². The molecular weight excluding hydrogens is 236 g/mol. The zero-order valence-electron chi connectivity index (χ0n) is 12.2. The lowest BCUT2D eigenvalue weighted by Crippen LogP contribution is -2.15. The molecule has 1 unspecified atom stereocenters. The molecule has 0 radical (unpaired) electrons. The first-order valence-electron chi connectivity index (χ1n) is 6.45. The van der Waals surface area contributed by atoms with Crippen molar-refractivity contribution in [2.45, 2.75) is 65.9 Å². The molecule has 0 aromatic carbocycles. The molecule has 0 spiro atoms. The van der Waals surface area contributed by atoms with Crippen molar-refractivity contribution in [3.8, 4) is 0 Å². The molecule has 5 heteroatoms. The van der Waals surface area contributed by atoms with Crippen LogP contribution in [0.3, 0.4) is 0 Å². The Labute approximate surface area is 110 Å². The van der Waals surface area contributed by atoms with E-state index >= 15 is 0 Å². The maximum absolute atomic E-state index is 10.1. The van der Waals surface area contributed by atoms with E-state index in [1.54, 1.807) is 20.8 Å². The number of carbonyl (C=O) groups is 1. The summed E-state index contributed by atoms with van der Waals surface area (Å²) >= 11 is 0. The van der Waals surface area contributed by atoms with E-state index in [1.165, 1.54) is 0 Å². The van der Waals surface area contributed by atoms with E-state index in [0.29, 0.717) is 12.5 Å². The Morgan fingerprint density at radius 2 is 1.78 bits per heavy atom. The van der Waals surface area contributed by atoms with Crippen molar-refractivity contribution in [3.63, 3.8) is 0 Å². The third kappa shape index (κ3) is 17.6. The number of rotatable bonds is 6. The van der Waals surface area contributed by atoms with Crippen LogP contribution in [0.15, 0.2) is 0 Å². The smallest absolute Gasteiger partial charge is 0.450 e. The summed E-state index contributed by atoms with van der Waals surface area (Å²) in [6.45, 7) is 9.86. The van der Waals surface area contributed by atoms with Gasteiger partial charge < -0.3 is 9.84 Å². The summed E-state index contributed by atoms with van der Waals surface area (Å²) in [5, 5.41) is 16.2. The van der Waals surface area contributed by atoms with Gasteiger partial charge in [-0.25, -0.2) is 9.68 Å². The Morgan fingerprint density at radius 1 is 1.28 bits per heavy atom. The molecule has 0 rings (SSSR count). The van der Waals surface area contributed by atoms with Crippen molar-refractivity contribution in [2.75, 3.05) is 6.61 Å². The van der Waals surface area contributed by atoms with Crippen molar-refractivity contribution in [3.05, 3.63) is 0 Å². The summed E-state index contributed by atoms with van der Waals surface area (Å²) in [5.74, 6) is 0.404. The molecule has 0 aliphatic rings. The molecule has 1 atom stereocenters. The topological polar surface area (TPSA) is 76.0 Å². The van der Waals surface area contributed by atoms with Gasteiger partial charge in [0.05, 0.1) is 12.2 Å². The standard InChI is InChI=1S/C9H18O3.C4H10O2/c1-3-5-6-8(4-2)7-12-9(10)11;1-4(2,3)6-5/h8H,3-7H2,1-2H3,(H,10,11);5H,1-3H3. The molecule has 5 nitrogen and oxygen atoms in total. The van der Waals surface area contributed by atoms with Crippen molar-refractivity contribution >= 4 is 6.16 Å². The predicted molar refractivity (Wildman–Crippen MR) is 70.7 cm³/mol. The van der Waals surface area contributed by atoms with Gasteiger partial charge in [-0.05, 0) is 33.1 Å². The van der Waals surface area contributed by atoms with E-state index in [2.05, 4.69) is 23.5 Å². The van der Waals surface area contributed by atoms with Crippen LogP contribution in [0.4, 0.5) is 4.79 Å². The Hall–Kier alpha value is -0.810. The number of ether oxygens (including phenoxy) is 1. The lowest BCUT2D eigenvalue weighted by molar-refractivity contribution is -0.306. The Balaban J connectivity index is 0. The second-order valence-electron chi connectivity index (χ2n) is 5.20. The van der Waals surface area contributed by atoms with Crippen molar-refractivity contribution < 1.29 is 24.8 Å². The largest absolute Gasteiger partial charge is 0.505 e. The summed E-state index contributed by atoms with van der Waals surface area (Å²) in [6.07, 6.45) is 3.21. The van der Waals surface area contributed by atoms with Crippen LogP contribution in [-0.2, 0) is 9.62 Å². The summed E-state index contributed by atoms with van der Waals surface area (Å²) in [5.41, 5.74) is -0.403. The van der Waals surface area contributed by atoms with Gasteiger partial charge in [0.15, 0.2) is 0 Å². The fraction of sp³-hybridized carbons (Fsp3) is 0.923. The highest BCUT2D eigenvalue weighted by Crippen LogP contribution is 2.12. The van der Waals surface area contributed by atoms with Gasteiger partial charge in [-0.1, -0.05) is 33.1 Å². The molecule has 0 aromatic rings. The highest BCUT2D eigenvalue weighted by atomic mass is 17.1. The van der Waals surface area contributed by atoms with E-state index in [9.17, 15) is 4.79 Å². The third-order valence-electron chi connectivity index (χ3n) is 2.26. The predicted octanol–water partition coefficient (Wildman–Crippen LogP) is 4.17. The fourth-order valence-electron chi connectivity index (χ4n) is 1.09. The lowest BCUT2D eigenvalue weighted by atomic mass is 10.0. The van der Waals surface area contributed by atoms with E-state index in [-0.39, 0.29) is 0 Å². The number of unbranched alkanes of at least 4 members (excludes halogenated alkanes) is 1. The van der Waals surface area contributed by atoms with Crippen LogP contribution >= 0.6 is 0 Å². The first-order valence-corrected chi connectivity index (χ1v) is 6.45. The Bertz CT molecular complexity index is 198. The zero-order chi connectivity index (χ0) is 14.6. The molecule has 110 valence electrons. The van der Waals surface area contributed by atoms with Crippen LogP contribution in [0.25, 0.3) is 0 Å². The van der Waals surface area contributed by atoms with Crippen LogP contribution in [0.5, 0.6) is 0 Å². The summed E-state index contributed by atoms with van der Waals surface area (Å²) in [6, 6.07) is 0. The maximum Gasteiger partial charge on any atom is 0.505 e. The molecule has 0 aromatic heterocycles. The number of hydrogen-bond acceptors (Lipinski definition) is 4. The van der Waals surface area contributed by atoms with Crippen LogP contribution < -0.4 is 0 Å². The molecule has 0 saturated heterocycles. The molecule has 0 fully saturated rings. The van der Waals surface area contributed by atoms with Crippen molar-refractivity contribution in [2.24, 2.45) is 5.92 Å². The Morgan fingerprint density at radius 3 is 2.06 bits per heavy atom. The van der Waals surface area contributed by atoms with Gasteiger partial charge in [-0.2, -0.15) is 0 Å². The monoisotopic (exact) mass is 264 g/mol. The molecule has 0 bridgehead atoms. The van der Waals surface area contributed by atoms with Crippen LogP contribution in [0.1, 0.15) is 60.3 Å². The molecule has 0 aliphatic carbocycles. The van der Waals surface area contributed by atoms with Gasteiger partial charge in [-0.15, -0.1) is 0 Å². The van der Waals surface area contributed by atoms with E-state index in [4.69, 9.17) is 10.4 Å². The highest BCUT2D eigenvalue weighted by Gasteiger charge is 2.08. The normalized spacial score (nSPS) is 12.3. The average Bonchev–Trinajstić information content (AvgIpc) is 2.29. The van der Waals surface area contributed by atoms with Gasteiger partial charge >= 0.3 is 6.16 Å². The minimum Gasteiger partial charge on any atom is -0.450 e. The summed E-state index contributed by atoms with van der Waals surface area (Å²) in [7, 11) is 0. The molecular formula is C13H28O5. The van der Waals surface area contributed by atoms with Crippen LogP contribution in [0.2, 0.25) is 0 Å². The van der Waals surface area contributed by atoms with Crippen molar-refractivity contribution in [1.29, 1.82) is 0 Å². The maximum atomic E-state index is 10.1. The number of carboxylic acid groups (broad SMARTS) is 1. The average molecular weight is 264 g/mol. The lowest BCUT2D eigenvalue weighted by Gasteiger charge is -2.12. The van der Waals surface area contributed by atoms with Crippen LogP contribution in [-0.4, -0.2) is 28.7 Å². The van der Waals surface area contributed by atoms with Gasteiger partial charge in [-0.3, -0.25) is 5.26 Å². The Kier molecular flexibility index (Phi) is 12.2. The van der Waals surface area contributed by atoms with E-state index in [1.807, 2.05) is 0 Å². The molecule has 2 N–H and O–H groups in total. The quantitative estimate of drug-likeness (QED) is 0.427. The molecule has 0 amide bonds. The second kappa shape index (κ2) is 11.3. The highest BCUT2D eigenvalue weighted by molar-refractivity contribution is 5.56. The SMILES string of the molecule is CC(C)(C)OO.CCCCC(CC)COC(=O)O. The minimum absolute atomic E-state index is 0.353. The van der Waals surface area contributed by atoms with Gasteiger partial charge in [0, 0.05) is 0 Å². The molecule has 0 aliphatic heterocycles. The van der Waals surface area contributed by atoms with E-state index in [0.717, 1.165) is 25.7 Å². The molecule has 0 saturated carbocycles. The summed E-state index contributed by atoms with van der Waals surface area (Å²) in [4.78, 5) is 14.0. The first kappa shape index (κ1) is 19.5. The van der Waals surface area contributed by atoms with Gasteiger partial charge in [0.2, 0.25) is 0 Å². The first-order chi connectivity index (χ1) is 8.26. The third-order valence-corrected chi connectivity index (χ3v) is 2.26.